The van der Waals surface area contributed by atoms with Crippen molar-refractivity contribution >= 4 is 23.2 Å². The number of carbonyl (C=O) groups is 2. The highest BCUT2D eigenvalue weighted by Gasteiger charge is 2.15. The monoisotopic (exact) mass is 185 g/mol. The Hall–Kier alpha value is -1.36. The molecule has 64 valence electrons. The SMILES string of the molecule is CNC(=O)c1cscc1C(=O)O. The van der Waals surface area contributed by atoms with Gasteiger partial charge in [-0.3, -0.25) is 4.79 Å². The molecule has 1 rings (SSSR count). The molecule has 0 fully saturated rings. The molecule has 0 radical (unpaired) electrons. The summed E-state index contributed by atoms with van der Waals surface area (Å²) in [6.07, 6.45) is 0. The van der Waals surface area contributed by atoms with Gasteiger partial charge in [0.25, 0.3) is 5.91 Å². The predicted octanol–water partition coefficient (Wildman–Crippen LogP) is 0.806. The molecule has 0 atom stereocenters. The van der Waals surface area contributed by atoms with Crippen molar-refractivity contribution in [2.75, 3.05) is 7.05 Å². The first-order valence-corrected chi connectivity index (χ1v) is 4.12. The molecule has 0 bridgehead atoms. The second-order valence-electron chi connectivity index (χ2n) is 2.08. The fourth-order valence-electron chi connectivity index (χ4n) is 0.773. The van der Waals surface area contributed by atoms with E-state index in [0.29, 0.717) is 0 Å². The Morgan fingerprint density at radius 2 is 2.00 bits per heavy atom. The highest BCUT2D eigenvalue weighted by atomic mass is 32.1. The van der Waals surface area contributed by atoms with Crippen LogP contribution >= 0.6 is 11.3 Å². The largest absolute Gasteiger partial charge is 0.478 e. The summed E-state index contributed by atoms with van der Waals surface area (Å²) in [4.78, 5) is 21.6. The van der Waals surface area contributed by atoms with Crippen LogP contribution in [0.25, 0.3) is 0 Å². The average Bonchev–Trinajstić information content (AvgIpc) is 2.50. The molecule has 0 saturated heterocycles. The van der Waals surface area contributed by atoms with Crippen LogP contribution in [0.4, 0.5) is 0 Å². The van der Waals surface area contributed by atoms with Gasteiger partial charge in [-0.25, -0.2) is 4.79 Å². The van der Waals surface area contributed by atoms with Crippen LogP contribution < -0.4 is 5.32 Å². The molecule has 1 aromatic heterocycles. The molecule has 0 unspecified atom stereocenters. The maximum atomic E-state index is 11.0. The molecule has 0 aliphatic heterocycles. The highest BCUT2D eigenvalue weighted by Crippen LogP contribution is 2.14. The number of amides is 1. The van der Waals surface area contributed by atoms with E-state index < -0.39 is 5.97 Å². The molecule has 12 heavy (non-hydrogen) atoms. The lowest BCUT2D eigenvalue weighted by Crippen LogP contribution is -2.19. The van der Waals surface area contributed by atoms with Gasteiger partial charge >= 0.3 is 5.97 Å². The lowest BCUT2D eigenvalue weighted by atomic mass is 10.2. The van der Waals surface area contributed by atoms with Crippen LogP contribution in [0.15, 0.2) is 10.8 Å². The second kappa shape index (κ2) is 3.36. The molecule has 1 aromatic rings. The van der Waals surface area contributed by atoms with Gasteiger partial charge in [0.15, 0.2) is 0 Å². The van der Waals surface area contributed by atoms with E-state index in [4.69, 9.17) is 5.11 Å². The van der Waals surface area contributed by atoms with Crippen LogP contribution in [0, 0.1) is 0 Å². The number of hydrogen-bond acceptors (Lipinski definition) is 3. The van der Waals surface area contributed by atoms with Crippen molar-refractivity contribution in [2.45, 2.75) is 0 Å². The molecule has 2 N–H and O–H groups in total. The topological polar surface area (TPSA) is 66.4 Å². The molecular weight excluding hydrogens is 178 g/mol. The Labute approximate surface area is 72.8 Å². The minimum Gasteiger partial charge on any atom is -0.478 e. The summed E-state index contributed by atoms with van der Waals surface area (Å²) in [7, 11) is 1.46. The number of aromatic carboxylic acids is 1. The minimum atomic E-state index is -1.07. The maximum Gasteiger partial charge on any atom is 0.337 e. The fraction of sp³-hybridized carbons (Fsp3) is 0.143. The van der Waals surface area contributed by atoms with E-state index in [1.54, 1.807) is 0 Å². The third kappa shape index (κ3) is 1.45. The lowest BCUT2D eigenvalue weighted by molar-refractivity contribution is 0.0692. The number of carboxylic acids is 1. The van der Waals surface area contributed by atoms with Crippen molar-refractivity contribution in [1.82, 2.24) is 5.32 Å². The van der Waals surface area contributed by atoms with Crippen LogP contribution in [0.1, 0.15) is 20.7 Å². The van der Waals surface area contributed by atoms with Gasteiger partial charge < -0.3 is 10.4 Å². The molecule has 0 saturated carbocycles. The number of thiophene rings is 1. The minimum absolute atomic E-state index is 0.0550. The zero-order valence-corrected chi connectivity index (χ0v) is 7.14. The lowest BCUT2D eigenvalue weighted by Gasteiger charge is -1.96. The first kappa shape index (κ1) is 8.73. The van der Waals surface area contributed by atoms with Crippen molar-refractivity contribution in [3.63, 3.8) is 0 Å². The summed E-state index contributed by atoms with van der Waals surface area (Å²) in [5, 5.41) is 13.9. The van der Waals surface area contributed by atoms with E-state index in [9.17, 15) is 9.59 Å². The maximum absolute atomic E-state index is 11.0. The third-order valence-electron chi connectivity index (χ3n) is 1.36. The Morgan fingerprint density at radius 3 is 2.50 bits per heavy atom. The molecule has 5 heteroatoms. The van der Waals surface area contributed by atoms with Crippen LogP contribution in [-0.2, 0) is 0 Å². The van der Waals surface area contributed by atoms with Crippen molar-refractivity contribution < 1.29 is 14.7 Å². The fourth-order valence-corrected chi connectivity index (χ4v) is 1.58. The van der Waals surface area contributed by atoms with Gasteiger partial charge in [-0.05, 0) is 0 Å². The predicted molar refractivity (Wildman–Crippen MR) is 44.7 cm³/mol. The van der Waals surface area contributed by atoms with Crippen LogP contribution in [0.2, 0.25) is 0 Å². The number of rotatable bonds is 2. The number of carbonyl (C=O) groups excluding carboxylic acids is 1. The number of nitrogens with one attached hydrogen (secondary N) is 1. The van der Waals surface area contributed by atoms with Gasteiger partial charge in [0.1, 0.15) is 0 Å². The summed E-state index contributed by atoms with van der Waals surface area (Å²) in [5.41, 5.74) is 0.273. The zero-order chi connectivity index (χ0) is 9.14. The number of carboxylic acid groups (broad SMARTS) is 1. The Kier molecular flexibility index (Phi) is 2.44. The second-order valence-corrected chi connectivity index (χ2v) is 2.83. The standard InChI is InChI=1S/C7H7NO3S/c1-8-6(9)4-2-12-3-5(4)7(10)11/h2-3H,1H3,(H,8,9)(H,10,11). The summed E-state index contributed by atoms with van der Waals surface area (Å²) in [6, 6.07) is 0. The quantitative estimate of drug-likeness (QED) is 0.716. The Bertz CT molecular complexity index is 318. The van der Waals surface area contributed by atoms with Gasteiger partial charge in [-0.2, -0.15) is 11.3 Å². The summed E-state index contributed by atoms with van der Waals surface area (Å²) in [5.74, 6) is -1.44. The molecule has 1 amide bonds. The molecule has 0 aliphatic carbocycles. The average molecular weight is 185 g/mol. The molecule has 0 spiro atoms. The van der Waals surface area contributed by atoms with E-state index in [0.717, 1.165) is 0 Å². The zero-order valence-electron chi connectivity index (χ0n) is 6.33. The van der Waals surface area contributed by atoms with Crippen LogP contribution in [-0.4, -0.2) is 24.0 Å². The van der Waals surface area contributed by atoms with Crippen LogP contribution in [0.3, 0.4) is 0 Å². The first-order valence-electron chi connectivity index (χ1n) is 3.18. The van der Waals surface area contributed by atoms with Gasteiger partial charge in [0.2, 0.25) is 0 Å². The van der Waals surface area contributed by atoms with E-state index in [1.165, 1.54) is 29.1 Å². The van der Waals surface area contributed by atoms with Crippen molar-refractivity contribution in [2.24, 2.45) is 0 Å². The smallest absolute Gasteiger partial charge is 0.337 e. The molecule has 1 heterocycles. The molecule has 0 aromatic carbocycles. The van der Waals surface area contributed by atoms with E-state index in [-0.39, 0.29) is 17.0 Å². The number of hydrogen-bond donors (Lipinski definition) is 2. The van der Waals surface area contributed by atoms with Gasteiger partial charge in [0, 0.05) is 17.8 Å². The van der Waals surface area contributed by atoms with Gasteiger partial charge in [0.05, 0.1) is 11.1 Å². The van der Waals surface area contributed by atoms with Gasteiger partial charge in [-0.1, -0.05) is 0 Å². The Balaban J connectivity index is 3.07. The van der Waals surface area contributed by atoms with Gasteiger partial charge in [-0.15, -0.1) is 0 Å². The van der Waals surface area contributed by atoms with Crippen LogP contribution in [0.5, 0.6) is 0 Å². The molecule has 4 nitrogen and oxygen atoms in total. The van der Waals surface area contributed by atoms with Crippen molar-refractivity contribution in [1.29, 1.82) is 0 Å². The molecule has 0 aliphatic rings. The third-order valence-corrected chi connectivity index (χ3v) is 2.11. The van der Waals surface area contributed by atoms with Crippen molar-refractivity contribution in [3.8, 4) is 0 Å². The molecular formula is C7H7NO3S. The van der Waals surface area contributed by atoms with E-state index in [1.807, 2.05) is 0 Å². The van der Waals surface area contributed by atoms with E-state index >= 15 is 0 Å². The van der Waals surface area contributed by atoms with Crippen molar-refractivity contribution in [3.05, 3.63) is 21.9 Å². The summed E-state index contributed by atoms with van der Waals surface area (Å²) >= 11 is 1.20. The van der Waals surface area contributed by atoms with E-state index in [2.05, 4.69) is 5.32 Å². The summed E-state index contributed by atoms with van der Waals surface area (Å²) < 4.78 is 0. The first-order chi connectivity index (χ1) is 5.66. The summed E-state index contributed by atoms with van der Waals surface area (Å²) in [6.45, 7) is 0. The highest BCUT2D eigenvalue weighted by molar-refractivity contribution is 7.08. The Morgan fingerprint density at radius 1 is 1.42 bits per heavy atom. The normalized spacial score (nSPS) is 9.42.